The van der Waals surface area contributed by atoms with Crippen LogP contribution in [0.1, 0.15) is 42.1 Å². The van der Waals surface area contributed by atoms with E-state index in [2.05, 4.69) is 16.7 Å². The maximum Gasteiger partial charge on any atom is 0.248 e. The average Bonchev–Trinajstić information content (AvgIpc) is 2.69. The molecule has 1 aromatic rings. The zero-order valence-electron chi connectivity index (χ0n) is 16.4. The van der Waals surface area contributed by atoms with Crippen molar-refractivity contribution in [3.63, 3.8) is 0 Å². The third-order valence-corrected chi connectivity index (χ3v) is 5.96. The van der Waals surface area contributed by atoms with E-state index in [1.807, 2.05) is 23.1 Å². The molecule has 2 heterocycles. The van der Waals surface area contributed by atoms with Gasteiger partial charge in [0.25, 0.3) is 0 Å². The quantitative estimate of drug-likeness (QED) is 0.823. The zero-order valence-corrected chi connectivity index (χ0v) is 16.4. The molecular formula is C21H32N4O2. The molecule has 2 aliphatic rings. The number of primary amides is 1. The molecule has 3 rings (SSSR count). The molecule has 2 aliphatic heterocycles. The first kappa shape index (κ1) is 19.8. The first-order valence-corrected chi connectivity index (χ1v) is 10.2. The number of amides is 2. The van der Waals surface area contributed by atoms with Crippen LogP contribution in [0.5, 0.6) is 0 Å². The lowest BCUT2D eigenvalue weighted by molar-refractivity contribution is -0.134. The molecule has 0 saturated carbocycles. The van der Waals surface area contributed by atoms with Gasteiger partial charge in [-0.3, -0.25) is 14.5 Å². The molecular weight excluding hydrogens is 340 g/mol. The van der Waals surface area contributed by atoms with Crippen molar-refractivity contribution in [1.29, 1.82) is 0 Å². The van der Waals surface area contributed by atoms with Gasteiger partial charge in [0.15, 0.2) is 0 Å². The highest BCUT2D eigenvalue weighted by molar-refractivity contribution is 5.92. The maximum absolute atomic E-state index is 12.6. The number of nitrogens with two attached hydrogens (primary N) is 1. The Morgan fingerprint density at radius 2 is 1.74 bits per heavy atom. The summed E-state index contributed by atoms with van der Waals surface area (Å²) < 4.78 is 0. The lowest BCUT2D eigenvalue weighted by Gasteiger charge is -2.36. The lowest BCUT2D eigenvalue weighted by atomic mass is 9.92. The van der Waals surface area contributed by atoms with Gasteiger partial charge in [-0.05, 0) is 56.1 Å². The second-order valence-corrected chi connectivity index (χ2v) is 7.80. The monoisotopic (exact) mass is 372 g/mol. The largest absolute Gasteiger partial charge is 0.366 e. The number of piperidine rings is 1. The number of carbonyl (C=O) groups excluding carboxylic acids is 2. The van der Waals surface area contributed by atoms with Crippen LogP contribution in [0.25, 0.3) is 0 Å². The Morgan fingerprint density at radius 1 is 1.04 bits per heavy atom. The minimum atomic E-state index is -0.381. The van der Waals surface area contributed by atoms with E-state index in [-0.39, 0.29) is 5.91 Å². The first-order chi connectivity index (χ1) is 13.0. The van der Waals surface area contributed by atoms with Gasteiger partial charge < -0.3 is 15.5 Å². The molecule has 2 saturated heterocycles. The molecule has 0 spiro atoms. The SMILES string of the molecule is CCN1CCN(C(=O)CC2CCN(Cc3cccc(C(N)=O)c3)CC2)CC1. The third kappa shape index (κ3) is 5.53. The molecule has 1 aromatic carbocycles. The van der Waals surface area contributed by atoms with E-state index in [9.17, 15) is 9.59 Å². The highest BCUT2D eigenvalue weighted by Gasteiger charge is 2.25. The van der Waals surface area contributed by atoms with E-state index in [4.69, 9.17) is 5.73 Å². The van der Waals surface area contributed by atoms with Crippen molar-refractivity contribution < 1.29 is 9.59 Å². The lowest BCUT2D eigenvalue weighted by Crippen LogP contribution is -2.49. The van der Waals surface area contributed by atoms with Gasteiger partial charge in [-0.1, -0.05) is 19.1 Å². The summed E-state index contributed by atoms with van der Waals surface area (Å²) in [6.07, 6.45) is 2.82. The van der Waals surface area contributed by atoms with Gasteiger partial charge in [0, 0.05) is 44.7 Å². The molecule has 2 N–H and O–H groups in total. The van der Waals surface area contributed by atoms with Crippen molar-refractivity contribution in [1.82, 2.24) is 14.7 Å². The van der Waals surface area contributed by atoms with Crippen LogP contribution >= 0.6 is 0 Å². The average molecular weight is 373 g/mol. The Morgan fingerprint density at radius 3 is 2.37 bits per heavy atom. The number of piperazine rings is 1. The minimum absolute atomic E-state index is 0.332. The van der Waals surface area contributed by atoms with Crippen LogP contribution in [0.15, 0.2) is 24.3 Å². The fraction of sp³-hybridized carbons (Fsp3) is 0.619. The van der Waals surface area contributed by atoms with Crippen LogP contribution in [-0.2, 0) is 11.3 Å². The van der Waals surface area contributed by atoms with Gasteiger partial charge in [0.2, 0.25) is 11.8 Å². The highest BCUT2D eigenvalue weighted by atomic mass is 16.2. The molecule has 6 nitrogen and oxygen atoms in total. The van der Waals surface area contributed by atoms with Gasteiger partial charge >= 0.3 is 0 Å². The van der Waals surface area contributed by atoms with Crippen LogP contribution in [0, 0.1) is 5.92 Å². The number of rotatable bonds is 6. The smallest absolute Gasteiger partial charge is 0.248 e. The van der Waals surface area contributed by atoms with E-state index >= 15 is 0 Å². The van der Waals surface area contributed by atoms with Crippen molar-refractivity contribution >= 4 is 11.8 Å². The predicted molar refractivity (Wildman–Crippen MR) is 106 cm³/mol. The Kier molecular flexibility index (Phi) is 6.85. The van der Waals surface area contributed by atoms with Gasteiger partial charge in [0.05, 0.1) is 0 Å². The Bertz CT molecular complexity index is 647. The minimum Gasteiger partial charge on any atom is -0.366 e. The molecule has 148 valence electrons. The maximum atomic E-state index is 12.6. The summed E-state index contributed by atoms with van der Waals surface area (Å²) in [5.41, 5.74) is 7.05. The number of carbonyl (C=O) groups is 2. The molecule has 6 heteroatoms. The summed E-state index contributed by atoms with van der Waals surface area (Å²) in [5, 5.41) is 0. The molecule has 0 aliphatic carbocycles. The number of nitrogens with zero attached hydrogens (tertiary/aromatic N) is 3. The molecule has 0 radical (unpaired) electrons. The van der Waals surface area contributed by atoms with Gasteiger partial charge in [-0.15, -0.1) is 0 Å². The number of likely N-dealkylation sites (N-methyl/N-ethyl adjacent to an activating group) is 1. The van der Waals surface area contributed by atoms with Crippen LogP contribution < -0.4 is 5.73 Å². The number of benzene rings is 1. The Labute approximate surface area is 162 Å². The van der Waals surface area contributed by atoms with Crippen LogP contribution in [0.3, 0.4) is 0 Å². The third-order valence-electron chi connectivity index (χ3n) is 5.96. The molecule has 2 fully saturated rings. The van der Waals surface area contributed by atoms with Gasteiger partial charge in [0.1, 0.15) is 0 Å². The van der Waals surface area contributed by atoms with Crippen molar-refractivity contribution in [2.75, 3.05) is 45.8 Å². The molecule has 0 unspecified atom stereocenters. The molecule has 2 amide bonds. The number of hydrogen-bond donors (Lipinski definition) is 1. The molecule has 27 heavy (non-hydrogen) atoms. The summed E-state index contributed by atoms with van der Waals surface area (Å²) in [5.74, 6) is 0.446. The van der Waals surface area contributed by atoms with Gasteiger partial charge in [-0.2, -0.15) is 0 Å². The van der Waals surface area contributed by atoms with E-state index in [1.165, 1.54) is 0 Å². The molecule has 0 aromatic heterocycles. The fourth-order valence-corrected chi connectivity index (χ4v) is 4.12. The first-order valence-electron chi connectivity index (χ1n) is 10.2. The predicted octanol–water partition coefficient (Wildman–Crippen LogP) is 1.55. The standard InChI is InChI=1S/C21H32N4O2/c1-2-23-10-12-25(13-11-23)20(26)15-17-6-8-24(9-7-17)16-18-4-3-5-19(14-18)21(22)27/h3-5,14,17H,2,6-13,15-16H2,1H3,(H2,22,27). The summed E-state index contributed by atoms with van der Waals surface area (Å²) in [6.45, 7) is 9.85. The number of hydrogen-bond acceptors (Lipinski definition) is 4. The van der Waals surface area contributed by atoms with E-state index < -0.39 is 0 Å². The zero-order chi connectivity index (χ0) is 19.2. The second-order valence-electron chi connectivity index (χ2n) is 7.80. The Balaban J connectivity index is 1.42. The van der Waals surface area contributed by atoms with Crippen LogP contribution in [0.4, 0.5) is 0 Å². The summed E-state index contributed by atoms with van der Waals surface area (Å²) >= 11 is 0. The summed E-state index contributed by atoms with van der Waals surface area (Å²) in [7, 11) is 0. The van der Waals surface area contributed by atoms with Crippen molar-refractivity contribution in [3.8, 4) is 0 Å². The van der Waals surface area contributed by atoms with E-state index in [0.29, 0.717) is 23.8 Å². The Hall–Kier alpha value is -1.92. The normalized spacial score (nSPS) is 20.0. The molecule has 0 bridgehead atoms. The van der Waals surface area contributed by atoms with Crippen molar-refractivity contribution in [3.05, 3.63) is 35.4 Å². The number of likely N-dealkylation sites (tertiary alicyclic amines) is 1. The van der Waals surface area contributed by atoms with Crippen LogP contribution in [0.2, 0.25) is 0 Å². The molecule has 0 atom stereocenters. The van der Waals surface area contributed by atoms with E-state index in [0.717, 1.165) is 70.8 Å². The van der Waals surface area contributed by atoms with Gasteiger partial charge in [-0.25, -0.2) is 0 Å². The highest BCUT2D eigenvalue weighted by Crippen LogP contribution is 2.23. The van der Waals surface area contributed by atoms with E-state index in [1.54, 1.807) is 6.07 Å². The summed E-state index contributed by atoms with van der Waals surface area (Å²) in [4.78, 5) is 30.8. The fourth-order valence-electron chi connectivity index (χ4n) is 4.12. The second kappa shape index (κ2) is 9.33. The van der Waals surface area contributed by atoms with Crippen LogP contribution in [-0.4, -0.2) is 72.3 Å². The van der Waals surface area contributed by atoms with Crippen molar-refractivity contribution in [2.24, 2.45) is 11.7 Å². The summed E-state index contributed by atoms with van der Waals surface area (Å²) in [6, 6.07) is 7.56. The van der Waals surface area contributed by atoms with Crippen molar-refractivity contribution in [2.45, 2.75) is 32.7 Å². The topological polar surface area (TPSA) is 69.9 Å².